The Hall–Kier alpha value is -0.550. The Morgan fingerprint density at radius 3 is 2.80 bits per heavy atom. The summed E-state index contributed by atoms with van der Waals surface area (Å²) in [5.41, 5.74) is 0. The number of hydrogen-bond acceptors (Lipinski definition) is 2. The lowest BCUT2D eigenvalue weighted by molar-refractivity contribution is 0.259. The van der Waals surface area contributed by atoms with E-state index in [-0.39, 0.29) is 0 Å². The number of rotatable bonds is 0. The van der Waals surface area contributed by atoms with E-state index in [1.165, 1.54) is 6.42 Å². The molecule has 2 saturated carbocycles. The zero-order valence-corrected chi connectivity index (χ0v) is 5.66. The van der Waals surface area contributed by atoms with Crippen LogP contribution < -0.4 is 0 Å². The Morgan fingerprint density at radius 1 is 1.30 bits per heavy atom. The van der Waals surface area contributed by atoms with Crippen molar-refractivity contribution >= 4 is 0 Å². The van der Waals surface area contributed by atoms with E-state index in [1.807, 2.05) is 0 Å². The van der Waals surface area contributed by atoms with Gasteiger partial charge in [-0.3, -0.25) is 0 Å². The maximum atomic E-state index is 8.72. The van der Waals surface area contributed by atoms with Crippen molar-refractivity contribution in [1.82, 2.24) is 0 Å². The Bertz CT molecular complexity index is 220. The minimum Gasteiger partial charge on any atom is -0.369 e. The lowest BCUT2D eigenvalue weighted by atomic mass is 9.90. The first kappa shape index (κ1) is 5.15. The van der Waals surface area contributed by atoms with Crippen molar-refractivity contribution in [1.29, 1.82) is 5.26 Å². The molecule has 0 amide bonds. The second-order valence-electron chi connectivity index (χ2n) is 3.70. The Balaban J connectivity index is 1.93. The predicted octanol–water partition coefficient (Wildman–Crippen LogP) is 0.933. The molecule has 3 rings (SSSR count). The summed E-state index contributed by atoms with van der Waals surface area (Å²) in [5, 5.41) is 8.72. The predicted molar refractivity (Wildman–Crippen MR) is 34.0 cm³/mol. The van der Waals surface area contributed by atoms with Gasteiger partial charge >= 0.3 is 0 Å². The highest BCUT2D eigenvalue weighted by atomic mass is 16.6. The quantitative estimate of drug-likeness (QED) is 0.463. The van der Waals surface area contributed by atoms with Crippen LogP contribution in [0.1, 0.15) is 12.8 Å². The number of ether oxygens (including phenoxy) is 1. The molecule has 2 nitrogen and oxygen atoms in total. The number of fused-ring (bicyclic) bond motifs is 5. The van der Waals surface area contributed by atoms with Crippen LogP contribution >= 0.6 is 0 Å². The largest absolute Gasteiger partial charge is 0.369 e. The summed E-state index contributed by atoms with van der Waals surface area (Å²) in [5.74, 6) is 1.69. The SMILES string of the molecule is N#C[C@@H]1C[C@H]2C[C@H]1[C@@H]1O[C@H]21. The summed E-state index contributed by atoms with van der Waals surface area (Å²) in [4.78, 5) is 0. The highest BCUT2D eigenvalue weighted by Crippen LogP contribution is 2.58. The third kappa shape index (κ3) is 0.411. The molecule has 0 aromatic heterocycles. The molecule has 1 heterocycles. The fraction of sp³-hybridized carbons (Fsp3) is 0.875. The summed E-state index contributed by atoms with van der Waals surface area (Å²) >= 11 is 0. The van der Waals surface area contributed by atoms with Crippen LogP contribution in [-0.2, 0) is 4.74 Å². The van der Waals surface area contributed by atoms with Gasteiger partial charge in [-0.1, -0.05) is 0 Å². The first-order valence-corrected chi connectivity index (χ1v) is 3.95. The lowest BCUT2D eigenvalue weighted by Crippen LogP contribution is -2.15. The van der Waals surface area contributed by atoms with E-state index in [0.29, 0.717) is 24.0 Å². The standard InChI is InChI=1S/C8H9NO/c9-3-5-1-4-2-6(5)8-7(4)10-8/h4-8H,1-2H2/t4-,5-,6+,7+,8-/m0/s1. The molecule has 2 bridgehead atoms. The molecular formula is C8H9NO. The fourth-order valence-electron chi connectivity index (χ4n) is 2.75. The molecule has 3 fully saturated rings. The van der Waals surface area contributed by atoms with Crippen LogP contribution in [0, 0.1) is 29.1 Å². The maximum absolute atomic E-state index is 8.72. The van der Waals surface area contributed by atoms with Crippen LogP contribution in [0.2, 0.25) is 0 Å². The van der Waals surface area contributed by atoms with Crippen molar-refractivity contribution in [3.63, 3.8) is 0 Å². The molecule has 3 aliphatic rings. The van der Waals surface area contributed by atoms with Gasteiger partial charge in [0.1, 0.15) is 0 Å². The summed E-state index contributed by atoms with van der Waals surface area (Å²) in [6.07, 6.45) is 3.47. The smallest absolute Gasteiger partial charge is 0.0885 e. The van der Waals surface area contributed by atoms with Crippen molar-refractivity contribution < 1.29 is 4.74 Å². The molecular weight excluding hydrogens is 126 g/mol. The van der Waals surface area contributed by atoms with Crippen LogP contribution in [0.25, 0.3) is 0 Å². The zero-order valence-electron chi connectivity index (χ0n) is 5.66. The van der Waals surface area contributed by atoms with Gasteiger partial charge in [0.15, 0.2) is 0 Å². The van der Waals surface area contributed by atoms with E-state index in [4.69, 9.17) is 10.00 Å². The van der Waals surface area contributed by atoms with Crippen molar-refractivity contribution in [2.45, 2.75) is 25.0 Å². The third-order valence-electron chi connectivity index (χ3n) is 3.26. The van der Waals surface area contributed by atoms with Gasteiger partial charge in [0.05, 0.1) is 24.2 Å². The van der Waals surface area contributed by atoms with Crippen LogP contribution in [-0.4, -0.2) is 12.2 Å². The highest BCUT2D eigenvalue weighted by molar-refractivity contribution is 5.14. The average molecular weight is 135 g/mol. The molecule has 1 aliphatic heterocycles. The molecule has 1 saturated heterocycles. The number of nitrogens with zero attached hydrogens (tertiary/aromatic N) is 1. The fourth-order valence-corrected chi connectivity index (χ4v) is 2.75. The van der Waals surface area contributed by atoms with Crippen molar-refractivity contribution in [2.75, 3.05) is 0 Å². The van der Waals surface area contributed by atoms with E-state index in [2.05, 4.69) is 6.07 Å². The van der Waals surface area contributed by atoms with E-state index < -0.39 is 0 Å². The molecule has 0 N–H and O–H groups in total. The van der Waals surface area contributed by atoms with E-state index in [0.717, 1.165) is 12.3 Å². The van der Waals surface area contributed by atoms with Crippen LogP contribution in [0.15, 0.2) is 0 Å². The van der Waals surface area contributed by atoms with Gasteiger partial charge < -0.3 is 4.74 Å². The molecule has 0 spiro atoms. The van der Waals surface area contributed by atoms with Crippen molar-refractivity contribution in [3.05, 3.63) is 0 Å². The minimum atomic E-state index is 0.328. The highest BCUT2D eigenvalue weighted by Gasteiger charge is 2.63. The summed E-state index contributed by atoms with van der Waals surface area (Å²) < 4.78 is 5.42. The average Bonchev–Trinajstić information content (AvgIpc) is 2.58. The first-order valence-electron chi connectivity index (χ1n) is 3.95. The Kier molecular flexibility index (Phi) is 0.709. The summed E-state index contributed by atoms with van der Waals surface area (Å²) in [6.45, 7) is 0. The lowest BCUT2D eigenvalue weighted by Gasteiger charge is -2.09. The number of hydrogen-bond donors (Lipinski definition) is 0. The zero-order chi connectivity index (χ0) is 6.72. The minimum absolute atomic E-state index is 0.328. The monoisotopic (exact) mass is 135 g/mol. The first-order chi connectivity index (χ1) is 4.90. The van der Waals surface area contributed by atoms with Gasteiger partial charge in [-0.15, -0.1) is 0 Å². The van der Waals surface area contributed by atoms with Gasteiger partial charge in [0.25, 0.3) is 0 Å². The third-order valence-corrected chi connectivity index (χ3v) is 3.26. The van der Waals surface area contributed by atoms with Crippen molar-refractivity contribution in [3.8, 4) is 6.07 Å². The molecule has 52 valence electrons. The van der Waals surface area contributed by atoms with E-state index in [9.17, 15) is 0 Å². The molecule has 2 aliphatic carbocycles. The van der Waals surface area contributed by atoms with Crippen LogP contribution in [0.3, 0.4) is 0 Å². The molecule has 5 atom stereocenters. The molecule has 2 heteroatoms. The second-order valence-corrected chi connectivity index (χ2v) is 3.70. The second kappa shape index (κ2) is 1.38. The van der Waals surface area contributed by atoms with Gasteiger partial charge in [0, 0.05) is 5.92 Å². The number of epoxide rings is 1. The van der Waals surface area contributed by atoms with Crippen LogP contribution in [0.5, 0.6) is 0 Å². The van der Waals surface area contributed by atoms with E-state index in [1.54, 1.807) is 0 Å². The summed E-state index contributed by atoms with van der Waals surface area (Å²) in [7, 11) is 0. The maximum Gasteiger partial charge on any atom is 0.0885 e. The molecule has 10 heavy (non-hydrogen) atoms. The van der Waals surface area contributed by atoms with Gasteiger partial charge in [-0.05, 0) is 18.8 Å². The van der Waals surface area contributed by atoms with Crippen LogP contribution in [0.4, 0.5) is 0 Å². The van der Waals surface area contributed by atoms with Crippen molar-refractivity contribution in [2.24, 2.45) is 17.8 Å². The molecule has 0 aromatic rings. The topological polar surface area (TPSA) is 36.3 Å². The normalized spacial score (nSPS) is 61.7. The van der Waals surface area contributed by atoms with Gasteiger partial charge in [0.2, 0.25) is 0 Å². The molecule has 0 radical (unpaired) electrons. The van der Waals surface area contributed by atoms with E-state index >= 15 is 0 Å². The molecule has 0 unspecified atom stereocenters. The Labute approximate surface area is 59.8 Å². The Morgan fingerprint density at radius 2 is 2.20 bits per heavy atom. The van der Waals surface area contributed by atoms with Gasteiger partial charge in [-0.25, -0.2) is 0 Å². The molecule has 0 aromatic carbocycles. The summed E-state index contributed by atoms with van der Waals surface area (Å²) in [6, 6.07) is 2.37. The van der Waals surface area contributed by atoms with Gasteiger partial charge in [-0.2, -0.15) is 5.26 Å². The number of nitriles is 1.